The zero-order valence-corrected chi connectivity index (χ0v) is 10.7. The van der Waals surface area contributed by atoms with Crippen LogP contribution in [0.4, 0.5) is 0 Å². The molecule has 0 aromatic rings. The van der Waals surface area contributed by atoms with Gasteiger partial charge in [0.1, 0.15) is 0 Å². The molecule has 2 nitrogen and oxygen atoms in total. The largest absolute Gasteiger partial charge is 0.298 e. The normalized spacial score (nSPS) is 29.6. The number of likely N-dealkylation sites (tertiary alicyclic amines) is 1. The fourth-order valence-corrected chi connectivity index (χ4v) is 3.38. The molecule has 93 valence electrons. The fourth-order valence-electron chi connectivity index (χ4n) is 3.38. The third kappa shape index (κ3) is 2.98. The minimum Gasteiger partial charge on any atom is -0.298 e. The lowest BCUT2D eigenvalue weighted by Gasteiger charge is -2.45. The van der Waals surface area contributed by atoms with Crippen LogP contribution in [-0.2, 0) is 5.11 Å². The predicted octanol–water partition coefficient (Wildman–Crippen LogP) is 3.38. The Bertz CT molecular complexity index is 201. The molecule has 2 heteroatoms. The standard InChI is InChI=1S/C14H26NO/c1-14(9-5-3-2-4-6-10-14)15-11-7-13(16)8-12-15/h13H,2-12H2,1H3. The molecular weight excluding hydrogens is 198 g/mol. The van der Waals surface area contributed by atoms with Crippen LogP contribution in [-0.4, -0.2) is 29.6 Å². The van der Waals surface area contributed by atoms with Crippen molar-refractivity contribution < 1.29 is 5.11 Å². The third-order valence-corrected chi connectivity index (χ3v) is 4.64. The molecule has 1 aliphatic heterocycles. The fraction of sp³-hybridized carbons (Fsp3) is 1.00. The Balaban J connectivity index is 1.92. The maximum Gasteiger partial charge on any atom is 0.0954 e. The smallest absolute Gasteiger partial charge is 0.0954 e. The second kappa shape index (κ2) is 5.50. The van der Waals surface area contributed by atoms with E-state index < -0.39 is 0 Å². The Morgan fingerprint density at radius 2 is 1.44 bits per heavy atom. The summed E-state index contributed by atoms with van der Waals surface area (Å²) in [7, 11) is 0. The molecule has 1 heterocycles. The van der Waals surface area contributed by atoms with E-state index in [4.69, 9.17) is 0 Å². The van der Waals surface area contributed by atoms with Crippen LogP contribution in [0.1, 0.15) is 64.7 Å². The lowest BCUT2D eigenvalue weighted by molar-refractivity contribution is -0.0166. The van der Waals surface area contributed by atoms with Crippen molar-refractivity contribution in [2.24, 2.45) is 0 Å². The van der Waals surface area contributed by atoms with Gasteiger partial charge < -0.3 is 0 Å². The van der Waals surface area contributed by atoms with Crippen molar-refractivity contribution in [2.75, 3.05) is 13.1 Å². The van der Waals surface area contributed by atoms with Gasteiger partial charge >= 0.3 is 0 Å². The first kappa shape index (κ1) is 12.4. The van der Waals surface area contributed by atoms with Crippen LogP contribution in [0.5, 0.6) is 0 Å². The van der Waals surface area contributed by atoms with Crippen LogP contribution in [0, 0.1) is 0 Å². The van der Waals surface area contributed by atoms with Gasteiger partial charge in [0.2, 0.25) is 0 Å². The maximum atomic E-state index is 11.4. The highest BCUT2D eigenvalue weighted by Crippen LogP contribution is 2.33. The molecule has 0 N–H and O–H groups in total. The molecule has 0 unspecified atom stereocenters. The quantitative estimate of drug-likeness (QED) is 0.669. The van der Waals surface area contributed by atoms with E-state index >= 15 is 0 Å². The van der Waals surface area contributed by atoms with Crippen LogP contribution in [0.2, 0.25) is 0 Å². The minimum absolute atomic E-state index is 0.284. The third-order valence-electron chi connectivity index (χ3n) is 4.64. The van der Waals surface area contributed by atoms with Crippen molar-refractivity contribution in [3.05, 3.63) is 0 Å². The molecule has 0 bridgehead atoms. The lowest BCUT2D eigenvalue weighted by atomic mass is 9.83. The Labute approximate surface area is 100 Å². The second-order valence-electron chi connectivity index (χ2n) is 5.95. The zero-order chi connectivity index (χ0) is 11.4. The monoisotopic (exact) mass is 224 g/mol. The Kier molecular flexibility index (Phi) is 4.26. The molecule has 1 saturated heterocycles. The molecule has 0 amide bonds. The van der Waals surface area contributed by atoms with E-state index in [1.165, 1.54) is 44.9 Å². The minimum atomic E-state index is -0.284. The molecule has 2 fully saturated rings. The summed E-state index contributed by atoms with van der Waals surface area (Å²) in [6, 6.07) is 0. The summed E-state index contributed by atoms with van der Waals surface area (Å²) in [6.07, 6.45) is 11.2. The van der Waals surface area contributed by atoms with Crippen LogP contribution >= 0.6 is 0 Å². The first-order chi connectivity index (χ1) is 7.71. The van der Waals surface area contributed by atoms with Crippen LogP contribution < -0.4 is 0 Å². The van der Waals surface area contributed by atoms with E-state index in [1.54, 1.807) is 0 Å². The predicted molar refractivity (Wildman–Crippen MR) is 66.0 cm³/mol. The summed E-state index contributed by atoms with van der Waals surface area (Å²) in [5.41, 5.74) is 0.403. The molecule has 16 heavy (non-hydrogen) atoms. The summed E-state index contributed by atoms with van der Waals surface area (Å²) < 4.78 is 0. The van der Waals surface area contributed by atoms with Gasteiger partial charge in [0.05, 0.1) is 6.10 Å². The Morgan fingerprint density at radius 3 is 2.00 bits per heavy atom. The van der Waals surface area contributed by atoms with E-state index in [0.29, 0.717) is 5.54 Å². The van der Waals surface area contributed by atoms with Crippen LogP contribution in [0.15, 0.2) is 0 Å². The van der Waals surface area contributed by atoms with Crippen molar-refractivity contribution in [3.8, 4) is 0 Å². The average molecular weight is 224 g/mol. The first-order valence-corrected chi connectivity index (χ1v) is 7.12. The zero-order valence-electron chi connectivity index (χ0n) is 10.7. The van der Waals surface area contributed by atoms with Gasteiger partial charge in [-0.2, -0.15) is 0 Å². The van der Waals surface area contributed by atoms with E-state index in [2.05, 4.69) is 11.8 Å². The van der Waals surface area contributed by atoms with Crippen molar-refractivity contribution in [3.63, 3.8) is 0 Å². The number of piperidine rings is 1. The van der Waals surface area contributed by atoms with Crippen LogP contribution in [0.3, 0.4) is 0 Å². The topological polar surface area (TPSA) is 23.1 Å². The van der Waals surface area contributed by atoms with E-state index in [9.17, 15) is 5.11 Å². The van der Waals surface area contributed by atoms with Gasteiger partial charge in [-0.25, -0.2) is 5.11 Å². The van der Waals surface area contributed by atoms with E-state index in [1.807, 2.05) is 0 Å². The molecule has 0 aromatic carbocycles. The average Bonchev–Trinajstić information content (AvgIpc) is 2.25. The molecule has 2 aliphatic rings. The van der Waals surface area contributed by atoms with Crippen molar-refractivity contribution in [1.29, 1.82) is 0 Å². The van der Waals surface area contributed by atoms with Gasteiger partial charge in [-0.3, -0.25) is 4.90 Å². The van der Waals surface area contributed by atoms with Gasteiger partial charge in [-0.05, 0) is 32.6 Å². The lowest BCUT2D eigenvalue weighted by Crippen LogP contribution is -2.51. The summed E-state index contributed by atoms with van der Waals surface area (Å²) >= 11 is 0. The molecular formula is C14H26NO. The molecule has 1 radical (unpaired) electrons. The second-order valence-corrected chi connectivity index (χ2v) is 5.95. The van der Waals surface area contributed by atoms with Gasteiger partial charge in [0.25, 0.3) is 0 Å². The highest BCUT2D eigenvalue weighted by Gasteiger charge is 2.34. The van der Waals surface area contributed by atoms with Gasteiger partial charge in [-0.1, -0.05) is 32.1 Å². The summed E-state index contributed by atoms with van der Waals surface area (Å²) in [6.45, 7) is 4.53. The first-order valence-electron chi connectivity index (χ1n) is 7.12. The SMILES string of the molecule is CC1(N2CCC([O])CC2)CCCCCCC1. The number of hydrogen-bond donors (Lipinski definition) is 0. The maximum absolute atomic E-state index is 11.4. The highest BCUT2D eigenvalue weighted by molar-refractivity contribution is 4.89. The molecule has 1 saturated carbocycles. The van der Waals surface area contributed by atoms with Crippen LogP contribution in [0.25, 0.3) is 0 Å². The Hall–Kier alpha value is -0.0800. The van der Waals surface area contributed by atoms with Gasteiger partial charge in [-0.15, -0.1) is 0 Å². The molecule has 0 aromatic heterocycles. The number of hydrogen-bond acceptors (Lipinski definition) is 1. The number of rotatable bonds is 1. The van der Waals surface area contributed by atoms with Crippen molar-refractivity contribution in [1.82, 2.24) is 4.90 Å². The van der Waals surface area contributed by atoms with Crippen molar-refractivity contribution >= 4 is 0 Å². The molecule has 0 atom stereocenters. The molecule has 1 aliphatic carbocycles. The van der Waals surface area contributed by atoms with Crippen molar-refractivity contribution in [2.45, 2.75) is 76.4 Å². The van der Waals surface area contributed by atoms with Gasteiger partial charge in [0, 0.05) is 18.6 Å². The molecule has 2 rings (SSSR count). The van der Waals surface area contributed by atoms with E-state index in [0.717, 1.165) is 25.9 Å². The van der Waals surface area contributed by atoms with E-state index in [-0.39, 0.29) is 6.10 Å². The van der Waals surface area contributed by atoms with Gasteiger partial charge in [0.15, 0.2) is 0 Å². The molecule has 0 spiro atoms. The Morgan fingerprint density at radius 1 is 0.938 bits per heavy atom. The summed E-state index contributed by atoms with van der Waals surface area (Å²) in [5, 5.41) is 11.4. The summed E-state index contributed by atoms with van der Waals surface area (Å²) in [5.74, 6) is 0. The number of nitrogens with zero attached hydrogens (tertiary/aromatic N) is 1. The highest BCUT2D eigenvalue weighted by atomic mass is 16.3. The summed E-state index contributed by atoms with van der Waals surface area (Å²) in [4.78, 5) is 2.62.